The molecular weight excluding hydrogens is 619 g/mol. The van der Waals surface area contributed by atoms with Gasteiger partial charge in [-0.05, 0) is 49.1 Å². The predicted octanol–water partition coefficient (Wildman–Crippen LogP) is 5.32. The minimum absolute atomic E-state index is 0.0161. The second-order valence-electron chi connectivity index (χ2n) is 11.4. The van der Waals surface area contributed by atoms with E-state index in [1.54, 1.807) is 23.1 Å². The highest BCUT2D eigenvalue weighted by atomic mass is 35.5. The largest absolute Gasteiger partial charge is 0.397 e. The Morgan fingerprint density at radius 3 is 2.51 bits per heavy atom. The van der Waals surface area contributed by atoms with Gasteiger partial charge in [-0.2, -0.15) is 18.4 Å². The average Bonchev–Trinajstić information content (AvgIpc) is 3.42. The summed E-state index contributed by atoms with van der Waals surface area (Å²) in [4.78, 5) is 31.6. The lowest BCUT2D eigenvalue weighted by Crippen LogP contribution is -2.52. The summed E-state index contributed by atoms with van der Waals surface area (Å²) in [5.41, 5.74) is 0.238. The molecule has 5 rings (SSSR count). The lowest BCUT2D eigenvalue weighted by molar-refractivity contribution is -0.165. The molecule has 3 heterocycles. The Morgan fingerprint density at radius 2 is 1.87 bits per heavy atom. The summed E-state index contributed by atoms with van der Waals surface area (Å²) >= 11 is 6.05. The first-order chi connectivity index (χ1) is 21.4. The molecule has 1 aromatic carbocycles. The molecule has 2 saturated heterocycles. The molecule has 45 heavy (non-hydrogen) atoms. The van der Waals surface area contributed by atoms with Crippen LogP contribution in [-0.4, -0.2) is 76.8 Å². The highest BCUT2D eigenvalue weighted by molar-refractivity contribution is 6.31. The first-order valence-corrected chi connectivity index (χ1v) is 14.9. The van der Waals surface area contributed by atoms with Crippen LogP contribution in [0.1, 0.15) is 42.9 Å². The summed E-state index contributed by atoms with van der Waals surface area (Å²) in [6.07, 6.45) is 0.203. The van der Waals surface area contributed by atoms with Crippen molar-refractivity contribution in [1.82, 2.24) is 20.0 Å². The van der Waals surface area contributed by atoms with Gasteiger partial charge in [0.05, 0.1) is 5.92 Å². The van der Waals surface area contributed by atoms with Gasteiger partial charge in [0, 0.05) is 61.7 Å². The quantitative estimate of drug-likeness (QED) is 0.408. The van der Waals surface area contributed by atoms with Crippen LogP contribution < -0.4 is 4.90 Å². The lowest BCUT2D eigenvalue weighted by atomic mass is 9.86. The molecular formula is C31H30ClF5N6O2. The minimum Gasteiger partial charge on any atom is -0.354 e. The summed E-state index contributed by atoms with van der Waals surface area (Å²) < 4.78 is 68.8. The number of hydrogen-bond acceptors (Lipinski definition) is 6. The lowest BCUT2D eigenvalue weighted by Gasteiger charge is -2.41. The Hall–Kier alpha value is -4.05. The number of nitrogens with zero attached hydrogens (tertiary/aromatic N) is 6. The van der Waals surface area contributed by atoms with Gasteiger partial charge in [-0.15, -0.1) is 10.2 Å². The van der Waals surface area contributed by atoms with Gasteiger partial charge >= 0.3 is 6.18 Å². The molecule has 3 aliphatic rings. The molecule has 0 radical (unpaired) electrons. The van der Waals surface area contributed by atoms with Crippen LogP contribution in [0.5, 0.6) is 0 Å². The summed E-state index contributed by atoms with van der Waals surface area (Å²) in [5, 5.41) is 17.5. The maximum Gasteiger partial charge on any atom is 0.397 e. The van der Waals surface area contributed by atoms with E-state index in [9.17, 15) is 27.2 Å². The maximum atomic E-state index is 15.0. The van der Waals surface area contributed by atoms with Gasteiger partial charge in [-0.25, -0.2) is 8.78 Å². The first-order valence-electron chi connectivity index (χ1n) is 14.6. The van der Waals surface area contributed by atoms with Gasteiger partial charge in [-0.1, -0.05) is 29.8 Å². The van der Waals surface area contributed by atoms with Crippen LogP contribution in [0.25, 0.3) is 0 Å². The molecule has 1 aliphatic carbocycles. The van der Waals surface area contributed by atoms with Gasteiger partial charge in [0.15, 0.2) is 11.5 Å². The molecule has 0 bridgehead atoms. The van der Waals surface area contributed by atoms with Gasteiger partial charge in [0.2, 0.25) is 11.8 Å². The monoisotopic (exact) mass is 648 g/mol. The number of rotatable bonds is 5. The van der Waals surface area contributed by atoms with Crippen LogP contribution in [0.3, 0.4) is 0 Å². The topological polar surface area (TPSA) is 93.4 Å². The molecule has 238 valence electrons. The molecule has 0 saturated carbocycles. The highest BCUT2D eigenvalue weighted by Crippen LogP contribution is 2.38. The minimum atomic E-state index is -4.70. The second-order valence-corrected chi connectivity index (χ2v) is 11.9. The van der Waals surface area contributed by atoms with Crippen LogP contribution in [0, 0.1) is 34.8 Å². The van der Waals surface area contributed by atoms with Crippen LogP contribution in [0.4, 0.5) is 27.8 Å². The summed E-state index contributed by atoms with van der Waals surface area (Å²) in [6, 6.07) is 7.59. The van der Waals surface area contributed by atoms with Gasteiger partial charge < -0.3 is 14.7 Å². The zero-order valence-corrected chi connectivity index (χ0v) is 24.8. The third-order valence-electron chi connectivity index (χ3n) is 8.59. The Balaban J connectivity index is 1.39. The van der Waals surface area contributed by atoms with Gasteiger partial charge in [0.1, 0.15) is 24.1 Å². The molecule has 0 spiro atoms. The standard InChI is InChI=1S/C31H30ClF5N6O2/c32-20-5-3-19(4-6-20)27-2-1-11-41(12-13-43(27)29(44)15-31(35,36)37)30(45)25-18-42(28-10-8-22(16-38)39-40-28)17-24(25)23-9-7-21(33)14-26(23)34/h3,5-10,14,19,24-25,27H,1-2,4,11-13,15,17-18H2/t19?,24-,25+,27-/m0/s1. The Bertz CT molecular complexity index is 1530. The number of nitriles is 1. The van der Waals surface area contributed by atoms with Crippen LogP contribution in [-0.2, 0) is 9.59 Å². The molecule has 14 heteroatoms. The van der Waals surface area contributed by atoms with Crippen molar-refractivity contribution in [2.45, 2.75) is 43.8 Å². The smallest absolute Gasteiger partial charge is 0.354 e. The Labute approximate surface area is 261 Å². The predicted molar refractivity (Wildman–Crippen MR) is 155 cm³/mol. The first kappa shape index (κ1) is 32.3. The van der Waals surface area contributed by atoms with E-state index in [1.807, 2.05) is 12.1 Å². The highest BCUT2D eigenvalue weighted by Gasteiger charge is 2.43. The van der Waals surface area contributed by atoms with E-state index in [4.69, 9.17) is 16.9 Å². The van der Waals surface area contributed by atoms with E-state index < -0.39 is 48.0 Å². The number of amides is 2. The number of benzene rings is 1. The fourth-order valence-electron chi connectivity index (χ4n) is 6.44. The molecule has 0 N–H and O–H groups in total. The van der Waals surface area contributed by atoms with Crippen molar-refractivity contribution in [1.29, 1.82) is 5.26 Å². The normalized spacial score (nSPS) is 24.1. The molecule has 2 fully saturated rings. The van der Waals surface area contributed by atoms with Crippen LogP contribution >= 0.6 is 11.6 Å². The van der Waals surface area contributed by atoms with Crippen molar-refractivity contribution in [3.63, 3.8) is 0 Å². The molecule has 2 aromatic rings. The number of aromatic nitrogens is 2. The number of halogens is 6. The van der Waals surface area contributed by atoms with E-state index in [1.165, 1.54) is 21.9 Å². The third-order valence-corrected chi connectivity index (χ3v) is 8.87. The van der Waals surface area contributed by atoms with Crippen molar-refractivity contribution in [3.8, 4) is 6.07 Å². The maximum absolute atomic E-state index is 15.0. The zero-order valence-electron chi connectivity index (χ0n) is 24.1. The molecule has 1 aromatic heterocycles. The van der Waals surface area contributed by atoms with Crippen LogP contribution in [0.15, 0.2) is 53.6 Å². The number of allylic oxidation sites excluding steroid dienone is 3. The number of hydrogen-bond donors (Lipinski definition) is 0. The molecule has 4 atom stereocenters. The SMILES string of the molecule is N#Cc1ccc(N2C[C@@H](C(=O)N3CCC[C@@H](C4C=CC(Cl)=CC4)N(C(=O)CC(F)(F)F)CC3)[C@H](c3ccc(F)cc3F)C2)nn1. The summed E-state index contributed by atoms with van der Waals surface area (Å²) in [5.74, 6) is -4.37. The van der Waals surface area contributed by atoms with E-state index in [0.29, 0.717) is 30.1 Å². The van der Waals surface area contributed by atoms with Crippen molar-refractivity contribution >= 4 is 29.2 Å². The number of alkyl halides is 3. The Kier molecular flexibility index (Phi) is 9.72. The molecule has 2 amide bonds. The van der Waals surface area contributed by atoms with Crippen LogP contribution in [0.2, 0.25) is 0 Å². The number of carbonyl (C=O) groups is 2. The van der Waals surface area contributed by atoms with E-state index >= 15 is 4.39 Å². The Morgan fingerprint density at radius 1 is 1.07 bits per heavy atom. The molecule has 8 nitrogen and oxygen atoms in total. The van der Waals surface area contributed by atoms with Gasteiger partial charge in [-0.3, -0.25) is 9.59 Å². The fourth-order valence-corrected chi connectivity index (χ4v) is 6.61. The summed E-state index contributed by atoms with van der Waals surface area (Å²) in [6.45, 7) is 0.417. The fraction of sp³-hybridized carbons (Fsp3) is 0.452. The molecule has 2 aliphatic heterocycles. The van der Waals surface area contributed by atoms with Crippen molar-refractivity contribution in [3.05, 3.63) is 76.5 Å². The second kappa shape index (κ2) is 13.5. The molecule has 1 unspecified atom stereocenters. The zero-order chi connectivity index (χ0) is 32.3. The van der Waals surface area contributed by atoms with Crippen molar-refractivity contribution < 1.29 is 31.5 Å². The van der Waals surface area contributed by atoms with E-state index in [2.05, 4.69) is 10.2 Å². The van der Waals surface area contributed by atoms with Crippen molar-refractivity contribution in [2.24, 2.45) is 11.8 Å². The summed E-state index contributed by atoms with van der Waals surface area (Å²) in [7, 11) is 0. The third kappa shape index (κ3) is 7.61. The average molecular weight is 649 g/mol. The van der Waals surface area contributed by atoms with Crippen molar-refractivity contribution in [2.75, 3.05) is 37.6 Å². The number of anilines is 1. The van der Waals surface area contributed by atoms with E-state index in [0.717, 1.165) is 12.1 Å². The number of carbonyl (C=O) groups excluding carboxylic acids is 2. The van der Waals surface area contributed by atoms with Gasteiger partial charge in [0.25, 0.3) is 0 Å². The van der Waals surface area contributed by atoms with E-state index in [-0.39, 0.29) is 55.8 Å².